The van der Waals surface area contributed by atoms with E-state index in [0.717, 1.165) is 22.9 Å². The Bertz CT molecular complexity index is 437. The lowest BCUT2D eigenvalue weighted by molar-refractivity contribution is -0.385. The molecule has 0 aliphatic heterocycles. The van der Waals surface area contributed by atoms with Crippen molar-refractivity contribution in [1.82, 2.24) is 5.32 Å². The normalized spacial score (nSPS) is 14.1. The standard InChI is InChI=1S/C14H21BrN2O2/c1-4-10(2)7-11(3)16-9-12-8-13(15)5-6-14(12)17(18)19/h5-6,8,10-11,16H,4,7,9H2,1-3H3. The first-order chi connectivity index (χ1) is 8.93. The summed E-state index contributed by atoms with van der Waals surface area (Å²) in [7, 11) is 0. The van der Waals surface area contributed by atoms with Crippen LogP contribution >= 0.6 is 15.9 Å². The molecule has 0 bridgehead atoms. The van der Waals surface area contributed by atoms with Crippen molar-refractivity contribution < 1.29 is 4.92 Å². The number of hydrogen-bond acceptors (Lipinski definition) is 3. The maximum absolute atomic E-state index is 11.0. The van der Waals surface area contributed by atoms with E-state index in [1.54, 1.807) is 18.2 Å². The minimum Gasteiger partial charge on any atom is -0.310 e. The molecule has 0 saturated carbocycles. The molecule has 0 saturated heterocycles. The Morgan fingerprint density at radius 2 is 2.11 bits per heavy atom. The van der Waals surface area contributed by atoms with Gasteiger partial charge in [0.15, 0.2) is 0 Å². The topological polar surface area (TPSA) is 55.2 Å². The fourth-order valence-corrected chi connectivity index (χ4v) is 2.42. The van der Waals surface area contributed by atoms with Crippen LogP contribution in [0.15, 0.2) is 22.7 Å². The lowest BCUT2D eigenvalue weighted by atomic mass is 10.0. The largest absolute Gasteiger partial charge is 0.310 e. The second kappa shape index (κ2) is 7.60. The van der Waals surface area contributed by atoms with Gasteiger partial charge >= 0.3 is 0 Å². The summed E-state index contributed by atoms with van der Waals surface area (Å²) in [6.07, 6.45) is 2.24. The molecule has 19 heavy (non-hydrogen) atoms. The minimum atomic E-state index is -0.331. The quantitative estimate of drug-likeness (QED) is 0.600. The van der Waals surface area contributed by atoms with Crippen molar-refractivity contribution in [3.8, 4) is 0 Å². The molecular formula is C14H21BrN2O2. The zero-order valence-electron chi connectivity index (χ0n) is 11.6. The Morgan fingerprint density at radius 1 is 1.42 bits per heavy atom. The molecule has 5 heteroatoms. The molecular weight excluding hydrogens is 308 g/mol. The highest BCUT2D eigenvalue weighted by atomic mass is 79.9. The molecule has 106 valence electrons. The predicted molar refractivity (Wildman–Crippen MR) is 81.2 cm³/mol. The van der Waals surface area contributed by atoms with E-state index in [2.05, 4.69) is 42.0 Å². The van der Waals surface area contributed by atoms with Gasteiger partial charge in [-0.2, -0.15) is 0 Å². The Hall–Kier alpha value is -0.940. The van der Waals surface area contributed by atoms with Gasteiger partial charge < -0.3 is 5.32 Å². The third-order valence-corrected chi connectivity index (χ3v) is 3.83. The van der Waals surface area contributed by atoms with Gasteiger partial charge in [-0.25, -0.2) is 0 Å². The first-order valence-corrected chi connectivity index (χ1v) is 7.39. The van der Waals surface area contributed by atoms with Gasteiger partial charge in [-0.3, -0.25) is 10.1 Å². The highest BCUT2D eigenvalue weighted by Gasteiger charge is 2.14. The number of hydrogen-bond donors (Lipinski definition) is 1. The maximum Gasteiger partial charge on any atom is 0.273 e. The third-order valence-electron chi connectivity index (χ3n) is 3.33. The molecule has 1 aromatic rings. The Kier molecular flexibility index (Phi) is 6.45. The summed E-state index contributed by atoms with van der Waals surface area (Å²) >= 11 is 3.35. The summed E-state index contributed by atoms with van der Waals surface area (Å²) in [6.45, 7) is 7.04. The van der Waals surface area contributed by atoms with E-state index in [1.165, 1.54) is 0 Å². The molecule has 1 aromatic carbocycles. The van der Waals surface area contributed by atoms with Gasteiger partial charge in [0.05, 0.1) is 4.92 Å². The van der Waals surface area contributed by atoms with Crippen LogP contribution in [0.3, 0.4) is 0 Å². The first kappa shape index (κ1) is 16.1. The van der Waals surface area contributed by atoms with Crippen LogP contribution in [0.2, 0.25) is 0 Å². The molecule has 0 heterocycles. The van der Waals surface area contributed by atoms with Crippen LogP contribution in [0, 0.1) is 16.0 Å². The van der Waals surface area contributed by atoms with E-state index in [4.69, 9.17) is 0 Å². The second-order valence-electron chi connectivity index (χ2n) is 5.06. The van der Waals surface area contributed by atoms with Gasteiger partial charge in [-0.05, 0) is 31.4 Å². The van der Waals surface area contributed by atoms with Crippen LogP contribution in [0.4, 0.5) is 5.69 Å². The van der Waals surface area contributed by atoms with E-state index in [1.807, 2.05) is 0 Å². The third kappa shape index (κ3) is 5.28. The number of benzene rings is 1. The SMILES string of the molecule is CCC(C)CC(C)NCc1cc(Br)ccc1[N+](=O)[O-]. The average Bonchev–Trinajstić information content (AvgIpc) is 2.35. The lowest BCUT2D eigenvalue weighted by Gasteiger charge is -2.17. The van der Waals surface area contributed by atoms with Crippen LogP contribution in [0.1, 0.15) is 39.2 Å². The molecule has 0 aliphatic rings. The smallest absolute Gasteiger partial charge is 0.273 e. The van der Waals surface area contributed by atoms with E-state index < -0.39 is 0 Å². The van der Waals surface area contributed by atoms with Crippen LogP contribution in [0.5, 0.6) is 0 Å². The van der Waals surface area contributed by atoms with Gasteiger partial charge in [-0.1, -0.05) is 36.2 Å². The molecule has 4 nitrogen and oxygen atoms in total. The zero-order valence-corrected chi connectivity index (χ0v) is 13.2. The number of nitrogens with zero attached hydrogens (tertiary/aromatic N) is 1. The molecule has 1 N–H and O–H groups in total. The van der Waals surface area contributed by atoms with Crippen molar-refractivity contribution in [1.29, 1.82) is 0 Å². The Morgan fingerprint density at radius 3 is 2.68 bits per heavy atom. The van der Waals surface area contributed by atoms with E-state index in [-0.39, 0.29) is 10.6 Å². The van der Waals surface area contributed by atoms with Crippen LogP contribution in [-0.2, 0) is 6.54 Å². The molecule has 0 fully saturated rings. The predicted octanol–water partition coefficient (Wildman–Crippen LogP) is 4.27. The fourth-order valence-electron chi connectivity index (χ4n) is 2.01. The fraction of sp³-hybridized carbons (Fsp3) is 0.571. The molecule has 0 aromatic heterocycles. The van der Waals surface area contributed by atoms with Crippen molar-refractivity contribution >= 4 is 21.6 Å². The van der Waals surface area contributed by atoms with Crippen molar-refractivity contribution in [2.24, 2.45) is 5.92 Å². The van der Waals surface area contributed by atoms with Gasteiger partial charge in [-0.15, -0.1) is 0 Å². The minimum absolute atomic E-state index is 0.173. The summed E-state index contributed by atoms with van der Waals surface area (Å²) in [5.74, 6) is 0.667. The Balaban J connectivity index is 2.66. The van der Waals surface area contributed by atoms with Crippen LogP contribution in [0.25, 0.3) is 0 Å². The van der Waals surface area contributed by atoms with E-state index >= 15 is 0 Å². The first-order valence-electron chi connectivity index (χ1n) is 6.60. The van der Waals surface area contributed by atoms with Gasteiger partial charge in [0.2, 0.25) is 0 Å². The van der Waals surface area contributed by atoms with Gasteiger partial charge in [0.25, 0.3) is 5.69 Å². The summed E-state index contributed by atoms with van der Waals surface area (Å²) in [5.41, 5.74) is 0.891. The van der Waals surface area contributed by atoms with Crippen LogP contribution in [-0.4, -0.2) is 11.0 Å². The highest BCUT2D eigenvalue weighted by Crippen LogP contribution is 2.23. The van der Waals surface area contributed by atoms with Crippen molar-refractivity contribution in [2.75, 3.05) is 0 Å². The molecule has 0 radical (unpaired) electrons. The monoisotopic (exact) mass is 328 g/mol. The number of nitro groups is 1. The van der Waals surface area contributed by atoms with Gasteiger partial charge in [0, 0.05) is 28.7 Å². The maximum atomic E-state index is 11.0. The summed E-state index contributed by atoms with van der Waals surface area (Å²) < 4.78 is 0.865. The lowest BCUT2D eigenvalue weighted by Crippen LogP contribution is -2.27. The van der Waals surface area contributed by atoms with Crippen LogP contribution < -0.4 is 5.32 Å². The molecule has 1 rings (SSSR count). The summed E-state index contributed by atoms with van der Waals surface area (Å²) in [5, 5.41) is 14.3. The number of nitrogens with one attached hydrogen (secondary N) is 1. The number of rotatable bonds is 7. The average molecular weight is 329 g/mol. The zero-order chi connectivity index (χ0) is 14.4. The molecule has 0 aliphatic carbocycles. The number of nitro benzene ring substituents is 1. The molecule has 2 unspecified atom stereocenters. The van der Waals surface area contributed by atoms with E-state index in [0.29, 0.717) is 18.5 Å². The van der Waals surface area contributed by atoms with Gasteiger partial charge in [0.1, 0.15) is 0 Å². The molecule has 0 amide bonds. The summed E-state index contributed by atoms with van der Waals surface area (Å²) in [6, 6.07) is 5.40. The summed E-state index contributed by atoms with van der Waals surface area (Å²) in [4.78, 5) is 10.6. The molecule has 0 spiro atoms. The molecule has 2 atom stereocenters. The van der Waals surface area contributed by atoms with Crippen molar-refractivity contribution in [3.63, 3.8) is 0 Å². The number of halogens is 1. The van der Waals surface area contributed by atoms with Crippen molar-refractivity contribution in [3.05, 3.63) is 38.3 Å². The second-order valence-corrected chi connectivity index (χ2v) is 5.98. The Labute approximate surface area is 122 Å². The highest BCUT2D eigenvalue weighted by molar-refractivity contribution is 9.10. The van der Waals surface area contributed by atoms with E-state index in [9.17, 15) is 10.1 Å². The van der Waals surface area contributed by atoms with Crippen molar-refractivity contribution in [2.45, 2.75) is 46.2 Å².